The molecule has 0 saturated carbocycles. The Morgan fingerprint density at radius 3 is 2.61 bits per heavy atom. The lowest BCUT2D eigenvalue weighted by atomic mass is 10.2. The number of nitrogens with zero attached hydrogens (tertiary/aromatic N) is 4. The highest BCUT2D eigenvalue weighted by molar-refractivity contribution is 5.95. The monoisotopic (exact) mass is 425 g/mol. The summed E-state index contributed by atoms with van der Waals surface area (Å²) in [6.07, 6.45) is 1.04. The molecule has 0 aliphatic carbocycles. The normalized spacial score (nSPS) is 12.9. The molecular formula is C22H24FN5O3. The van der Waals surface area contributed by atoms with Crippen molar-refractivity contribution >= 4 is 17.5 Å². The smallest absolute Gasteiger partial charge is 0.288 e. The number of rotatable bonds is 4. The van der Waals surface area contributed by atoms with Gasteiger partial charge in [-0.15, -0.1) is 5.10 Å². The van der Waals surface area contributed by atoms with Crippen LogP contribution in [0.1, 0.15) is 35.4 Å². The number of halogens is 1. The van der Waals surface area contributed by atoms with Crippen LogP contribution < -0.4 is 15.4 Å². The van der Waals surface area contributed by atoms with E-state index in [0.717, 1.165) is 11.4 Å². The highest BCUT2D eigenvalue weighted by Gasteiger charge is 2.18. The minimum absolute atomic E-state index is 0.0387. The van der Waals surface area contributed by atoms with E-state index in [1.807, 2.05) is 31.2 Å². The highest BCUT2D eigenvalue weighted by atomic mass is 19.1. The zero-order chi connectivity index (χ0) is 22.4. The van der Waals surface area contributed by atoms with Crippen molar-refractivity contribution in [3.63, 3.8) is 0 Å². The van der Waals surface area contributed by atoms with Crippen LogP contribution in [0.2, 0.25) is 0 Å². The van der Waals surface area contributed by atoms with Gasteiger partial charge in [0, 0.05) is 19.0 Å². The van der Waals surface area contributed by atoms with Crippen LogP contribution in [0.15, 0.2) is 48.5 Å². The van der Waals surface area contributed by atoms with Gasteiger partial charge in [-0.25, -0.2) is 14.1 Å². The molecule has 0 fully saturated rings. The summed E-state index contributed by atoms with van der Waals surface area (Å²) in [6.45, 7) is 2.59. The van der Waals surface area contributed by atoms with Gasteiger partial charge in [-0.05, 0) is 18.2 Å². The van der Waals surface area contributed by atoms with Gasteiger partial charge in [-0.1, -0.05) is 37.3 Å². The third kappa shape index (κ3) is 5.25. The summed E-state index contributed by atoms with van der Waals surface area (Å²) < 4.78 is 20.4. The lowest BCUT2D eigenvalue weighted by molar-refractivity contribution is -0.118. The number of aromatic nitrogens is 3. The van der Waals surface area contributed by atoms with Gasteiger partial charge in [0.05, 0.1) is 25.3 Å². The van der Waals surface area contributed by atoms with Crippen LogP contribution in [0.4, 0.5) is 10.1 Å². The van der Waals surface area contributed by atoms with Crippen LogP contribution in [0.5, 0.6) is 5.75 Å². The molecule has 3 aromatic rings. The van der Waals surface area contributed by atoms with Gasteiger partial charge >= 0.3 is 0 Å². The number of benzene rings is 2. The quantitative estimate of drug-likeness (QED) is 0.692. The molecule has 0 bridgehead atoms. The average Bonchev–Trinajstić information content (AvgIpc) is 3.12. The molecule has 162 valence electrons. The maximum atomic E-state index is 13.5. The Hall–Kier alpha value is -3.75. The third-order valence-corrected chi connectivity index (χ3v) is 4.74. The van der Waals surface area contributed by atoms with Gasteiger partial charge in [0.1, 0.15) is 17.4 Å². The number of hydrogen-bond donors (Lipinski definition) is 1. The van der Waals surface area contributed by atoms with E-state index in [0.29, 0.717) is 30.8 Å². The van der Waals surface area contributed by atoms with Crippen molar-refractivity contribution in [2.45, 2.75) is 26.3 Å². The number of amides is 2. The molecule has 4 rings (SSSR count). The molecule has 1 aromatic heterocycles. The maximum Gasteiger partial charge on any atom is 0.288 e. The van der Waals surface area contributed by atoms with E-state index in [-0.39, 0.29) is 24.1 Å². The topological polar surface area (TPSA) is 103 Å². The fourth-order valence-corrected chi connectivity index (χ4v) is 3.06. The van der Waals surface area contributed by atoms with E-state index in [2.05, 4.69) is 10.1 Å². The molecule has 2 aromatic carbocycles. The van der Waals surface area contributed by atoms with Crippen molar-refractivity contribution in [2.24, 2.45) is 5.73 Å². The molecule has 2 N–H and O–H groups in total. The largest absolute Gasteiger partial charge is 0.491 e. The lowest BCUT2D eigenvalue weighted by Gasteiger charge is -2.15. The Labute approximate surface area is 179 Å². The first-order chi connectivity index (χ1) is 14.9. The molecule has 0 atom stereocenters. The standard InChI is InChI=1S/C12H13FN4O.C10H11NO2/c1-2-10-15-12(11(14)18)16-17(10)7-8-5-3-4-6-9(8)13;1-11-8-4-2-3-5-9(8)13-7-6-10(11)12/h3-6H,2,7H2,1H3,(H2,14,18);2-5H,6-7H2,1H3. The fourth-order valence-electron chi connectivity index (χ4n) is 3.06. The van der Waals surface area contributed by atoms with Crippen LogP contribution in [0.25, 0.3) is 0 Å². The van der Waals surface area contributed by atoms with Gasteiger partial charge in [0.15, 0.2) is 0 Å². The Kier molecular flexibility index (Phi) is 6.96. The van der Waals surface area contributed by atoms with Gasteiger partial charge in [-0.3, -0.25) is 9.59 Å². The lowest BCUT2D eigenvalue weighted by Crippen LogP contribution is -2.24. The summed E-state index contributed by atoms with van der Waals surface area (Å²) in [5.41, 5.74) is 6.47. The van der Waals surface area contributed by atoms with Crippen molar-refractivity contribution in [1.29, 1.82) is 0 Å². The first-order valence-corrected chi connectivity index (χ1v) is 9.86. The summed E-state index contributed by atoms with van der Waals surface area (Å²) in [5.74, 6) is 0.462. The van der Waals surface area contributed by atoms with Gasteiger partial charge in [-0.2, -0.15) is 0 Å². The van der Waals surface area contributed by atoms with Crippen LogP contribution in [-0.4, -0.2) is 40.2 Å². The number of hydrogen-bond acceptors (Lipinski definition) is 5. The number of carbonyl (C=O) groups excluding carboxylic acids is 2. The summed E-state index contributed by atoms with van der Waals surface area (Å²) in [5, 5.41) is 3.98. The molecule has 0 radical (unpaired) electrons. The molecule has 9 heteroatoms. The van der Waals surface area contributed by atoms with Crippen molar-refractivity contribution in [3.05, 3.63) is 71.6 Å². The summed E-state index contributed by atoms with van der Waals surface area (Å²) in [4.78, 5) is 28.1. The fraction of sp³-hybridized carbons (Fsp3) is 0.273. The zero-order valence-corrected chi connectivity index (χ0v) is 17.4. The molecule has 31 heavy (non-hydrogen) atoms. The van der Waals surface area contributed by atoms with Crippen LogP contribution >= 0.6 is 0 Å². The molecule has 0 spiro atoms. The molecular weight excluding hydrogens is 401 g/mol. The molecule has 0 unspecified atom stereocenters. The molecule has 1 aliphatic heterocycles. The van der Waals surface area contributed by atoms with Crippen LogP contribution in [0, 0.1) is 5.82 Å². The van der Waals surface area contributed by atoms with Crippen molar-refractivity contribution in [3.8, 4) is 5.75 Å². The summed E-state index contributed by atoms with van der Waals surface area (Å²) in [6, 6.07) is 14.0. The number of carbonyl (C=O) groups is 2. The van der Waals surface area contributed by atoms with E-state index in [9.17, 15) is 14.0 Å². The van der Waals surface area contributed by atoms with E-state index >= 15 is 0 Å². The van der Waals surface area contributed by atoms with Crippen molar-refractivity contribution in [2.75, 3.05) is 18.6 Å². The second-order valence-electron chi connectivity index (χ2n) is 6.84. The molecule has 0 saturated heterocycles. The Balaban J connectivity index is 0.000000185. The Bertz CT molecular complexity index is 1080. The molecule has 2 amide bonds. The van der Waals surface area contributed by atoms with Crippen molar-refractivity contribution < 1.29 is 18.7 Å². The second kappa shape index (κ2) is 9.84. The summed E-state index contributed by atoms with van der Waals surface area (Å²) >= 11 is 0. The van der Waals surface area contributed by atoms with E-state index < -0.39 is 5.91 Å². The summed E-state index contributed by atoms with van der Waals surface area (Å²) in [7, 11) is 1.77. The molecule has 8 nitrogen and oxygen atoms in total. The Morgan fingerprint density at radius 1 is 1.19 bits per heavy atom. The van der Waals surface area contributed by atoms with E-state index in [4.69, 9.17) is 10.5 Å². The van der Waals surface area contributed by atoms with E-state index in [1.165, 1.54) is 10.7 Å². The first kappa shape index (κ1) is 21.9. The number of para-hydroxylation sites is 2. The first-order valence-electron chi connectivity index (χ1n) is 9.86. The number of ether oxygens (including phenoxy) is 1. The average molecular weight is 425 g/mol. The second-order valence-corrected chi connectivity index (χ2v) is 6.84. The number of primary amides is 1. The van der Waals surface area contributed by atoms with Crippen LogP contribution in [-0.2, 0) is 17.8 Å². The highest BCUT2D eigenvalue weighted by Crippen LogP contribution is 2.29. The predicted molar refractivity (Wildman–Crippen MR) is 113 cm³/mol. The van der Waals surface area contributed by atoms with E-state index in [1.54, 1.807) is 30.1 Å². The number of fused-ring (bicyclic) bond motifs is 1. The number of anilines is 1. The third-order valence-electron chi connectivity index (χ3n) is 4.74. The molecule has 2 heterocycles. The van der Waals surface area contributed by atoms with Crippen molar-refractivity contribution in [1.82, 2.24) is 14.8 Å². The predicted octanol–water partition coefficient (Wildman–Crippen LogP) is 2.56. The minimum atomic E-state index is -0.683. The van der Waals surface area contributed by atoms with Gasteiger partial charge < -0.3 is 15.4 Å². The number of nitrogens with two attached hydrogens (primary N) is 1. The minimum Gasteiger partial charge on any atom is -0.491 e. The van der Waals surface area contributed by atoms with Gasteiger partial charge in [0.2, 0.25) is 11.7 Å². The molecule has 1 aliphatic rings. The SMILES string of the molecule is CCc1nc(C(N)=O)nn1Cc1ccccc1F.CN1C(=O)CCOc2ccccc21. The maximum absolute atomic E-state index is 13.5. The van der Waals surface area contributed by atoms with Crippen LogP contribution in [0.3, 0.4) is 0 Å². The number of aryl methyl sites for hydroxylation is 1. The zero-order valence-electron chi connectivity index (χ0n) is 17.4. The Morgan fingerprint density at radius 2 is 1.90 bits per heavy atom. The van der Waals surface area contributed by atoms with Gasteiger partial charge in [0.25, 0.3) is 5.91 Å².